The van der Waals surface area contributed by atoms with E-state index in [4.69, 9.17) is 4.74 Å². The van der Waals surface area contributed by atoms with Gasteiger partial charge in [-0.05, 0) is 51.5 Å². The second kappa shape index (κ2) is 8.79. The standard InChI is InChI=1S/C16H24N2O5S/c1-5-12(4)17-15(19)10-23-16(20)13-6-8-14(9-7-13)24(21,22)18-11(2)3/h6-9,11-12,18H,5,10H2,1-4H3,(H,17,19). The third kappa shape index (κ3) is 6.29. The second-order valence-electron chi connectivity index (χ2n) is 5.75. The molecule has 1 atom stereocenters. The fourth-order valence-electron chi connectivity index (χ4n) is 1.78. The number of esters is 1. The van der Waals surface area contributed by atoms with Crippen LogP contribution in [-0.2, 0) is 19.6 Å². The Balaban J connectivity index is 2.66. The van der Waals surface area contributed by atoms with Crippen LogP contribution in [0.4, 0.5) is 0 Å². The number of nitrogens with one attached hydrogen (secondary N) is 2. The molecule has 0 saturated heterocycles. The number of rotatable bonds is 8. The molecule has 0 fully saturated rings. The molecule has 1 aromatic rings. The summed E-state index contributed by atoms with van der Waals surface area (Å²) in [6, 6.07) is 5.12. The third-order valence-corrected chi connectivity index (χ3v) is 4.82. The van der Waals surface area contributed by atoms with Gasteiger partial charge in [-0.3, -0.25) is 4.79 Å². The highest BCUT2D eigenvalue weighted by atomic mass is 32.2. The molecular weight excluding hydrogens is 332 g/mol. The summed E-state index contributed by atoms with van der Waals surface area (Å²) in [5.74, 6) is -1.06. The van der Waals surface area contributed by atoms with Gasteiger partial charge in [0.2, 0.25) is 10.0 Å². The van der Waals surface area contributed by atoms with E-state index in [-0.39, 0.29) is 35.1 Å². The summed E-state index contributed by atoms with van der Waals surface area (Å²) in [5.41, 5.74) is 0.176. The Morgan fingerprint density at radius 3 is 2.21 bits per heavy atom. The van der Waals surface area contributed by atoms with Gasteiger partial charge >= 0.3 is 5.97 Å². The topological polar surface area (TPSA) is 102 Å². The van der Waals surface area contributed by atoms with E-state index in [0.29, 0.717) is 0 Å². The highest BCUT2D eigenvalue weighted by Gasteiger charge is 2.17. The average Bonchev–Trinajstić information content (AvgIpc) is 2.51. The molecule has 1 unspecified atom stereocenters. The van der Waals surface area contributed by atoms with Gasteiger partial charge in [-0.1, -0.05) is 6.92 Å². The van der Waals surface area contributed by atoms with Gasteiger partial charge in [-0.25, -0.2) is 17.9 Å². The number of carbonyl (C=O) groups excluding carboxylic acids is 2. The maximum Gasteiger partial charge on any atom is 0.338 e. The molecule has 1 rings (SSSR count). The van der Waals surface area contributed by atoms with E-state index in [1.54, 1.807) is 13.8 Å². The Bertz CT molecular complexity index is 668. The minimum atomic E-state index is -3.61. The molecule has 134 valence electrons. The molecule has 0 heterocycles. The monoisotopic (exact) mass is 356 g/mol. The summed E-state index contributed by atoms with van der Waals surface area (Å²) >= 11 is 0. The molecule has 0 aromatic heterocycles. The summed E-state index contributed by atoms with van der Waals surface area (Å²) < 4.78 is 31.3. The van der Waals surface area contributed by atoms with Crippen molar-refractivity contribution in [2.75, 3.05) is 6.61 Å². The Morgan fingerprint density at radius 1 is 1.12 bits per heavy atom. The van der Waals surface area contributed by atoms with Crippen LogP contribution in [0.3, 0.4) is 0 Å². The lowest BCUT2D eigenvalue weighted by Gasteiger charge is -2.12. The normalized spacial score (nSPS) is 12.7. The van der Waals surface area contributed by atoms with E-state index in [2.05, 4.69) is 10.0 Å². The summed E-state index contributed by atoms with van der Waals surface area (Å²) in [5, 5.41) is 2.68. The second-order valence-corrected chi connectivity index (χ2v) is 7.47. The van der Waals surface area contributed by atoms with Crippen molar-refractivity contribution >= 4 is 21.9 Å². The quantitative estimate of drug-likeness (QED) is 0.687. The van der Waals surface area contributed by atoms with Crippen molar-refractivity contribution in [3.05, 3.63) is 29.8 Å². The van der Waals surface area contributed by atoms with Crippen LogP contribution in [0, 0.1) is 0 Å². The first-order valence-electron chi connectivity index (χ1n) is 7.74. The van der Waals surface area contributed by atoms with Gasteiger partial charge < -0.3 is 10.1 Å². The molecule has 8 heteroatoms. The van der Waals surface area contributed by atoms with Gasteiger partial charge in [-0.2, -0.15) is 0 Å². The van der Waals surface area contributed by atoms with E-state index >= 15 is 0 Å². The fraction of sp³-hybridized carbons (Fsp3) is 0.500. The molecular formula is C16H24N2O5S. The summed E-state index contributed by atoms with van der Waals surface area (Å²) in [6.07, 6.45) is 0.778. The summed E-state index contributed by atoms with van der Waals surface area (Å²) in [6.45, 7) is 6.84. The molecule has 0 aliphatic rings. The van der Waals surface area contributed by atoms with Crippen molar-refractivity contribution in [3.8, 4) is 0 Å². The first-order chi connectivity index (χ1) is 11.2. The third-order valence-electron chi connectivity index (χ3n) is 3.15. The molecule has 7 nitrogen and oxygen atoms in total. The molecule has 0 spiro atoms. The van der Waals surface area contributed by atoms with Crippen molar-refractivity contribution in [2.24, 2.45) is 0 Å². The van der Waals surface area contributed by atoms with Gasteiger partial charge in [0.1, 0.15) is 0 Å². The molecule has 1 aromatic carbocycles. The fourth-order valence-corrected chi connectivity index (χ4v) is 3.03. The van der Waals surface area contributed by atoms with Crippen LogP contribution in [0.5, 0.6) is 0 Å². The molecule has 2 N–H and O–H groups in total. The number of carbonyl (C=O) groups is 2. The molecule has 0 aliphatic heterocycles. The zero-order chi connectivity index (χ0) is 18.3. The van der Waals surface area contributed by atoms with E-state index in [1.807, 2.05) is 13.8 Å². The maximum atomic E-state index is 12.0. The zero-order valence-corrected chi connectivity index (χ0v) is 15.1. The van der Waals surface area contributed by atoms with E-state index in [1.165, 1.54) is 24.3 Å². The van der Waals surface area contributed by atoms with Crippen molar-refractivity contribution in [1.29, 1.82) is 0 Å². The number of ether oxygens (including phenoxy) is 1. The Labute approximate surface area is 142 Å². The highest BCUT2D eigenvalue weighted by Crippen LogP contribution is 2.12. The van der Waals surface area contributed by atoms with E-state index in [9.17, 15) is 18.0 Å². The molecule has 0 bridgehead atoms. The van der Waals surface area contributed by atoms with Gasteiger partial charge in [0.25, 0.3) is 5.91 Å². The minimum Gasteiger partial charge on any atom is -0.452 e. The van der Waals surface area contributed by atoms with Crippen molar-refractivity contribution < 1.29 is 22.7 Å². The Morgan fingerprint density at radius 2 is 1.71 bits per heavy atom. The first-order valence-corrected chi connectivity index (χ1v) is 9.23. The Hall–Kier alpha value is -1.93. The first kappa shape index (κ1) is 20.1. The molecule has 24 heavy (non-hydrogen) atoms. The van der Waals surface area contributed by atoms with Crippen molar-refractivity contribution in [3.63, 3.8) is 0 Å². The predicted molar refractivity (Wildman–Crippen MR) is 90.1 cm³/mol. The van der Waals surface area contributed by atoms with Gasteiger partial charge in [0.05, 0.1) is 10.5 Å². The van der Waals surface area contributed by atoms with E-state index < -0.39 is 16.0 Å². The van der Waals surface area contributed by atoms with Crippen LogP contribution in [0.25, 0.3) is 0 Å². The van der Waals surface area contributed by atoms with Crippen LogP contribution >= 0.6 is 0 Å². The van der Waals surface area contributed by atoms with E-state index in [0.717, 1.165) is 6.42 Å². The number of amides is 1. The molecule has 0 radical (unpaired) electrons. The number of hydrogen-bond acceptors (Lipinski definition) is 5. The lowest BCUT2D eigenvalue weighted by Crippen LogP contribution is -2.35. The molecule has 0 saturated carbocycles. The summed E-state index contributed by atoms with van der Waals surface area (Å²) in [4.78, 5) is 23.5. The lowest BCUT2D eigenvalue weighted by atomic mass is 10.2. The van der Waals surface area contributed by atoms with Crippen molar-refractivity contribution in [2.45, 2.75) is 51.1 Å². The van der Waals surface area contributed by atoms with Crippen LogP contribution in [-0.4, -0.2) is 39.0 Å². The molecule has 1 amide bonds. The molecule has 0 aliphatic carbocycles. The van der Waals surface area contributed by atoms with Gasteiger partial charge in [-0.15, -0.1) is 0 Å². The average molecular weight is 356 g/mol. The number of hydrogen-bond donors (Lipinski definition) is 2. The Kier molecular flexibility index (Phi) is 7.37. The number of benzene rings is 1. The summed E-state index contributed by atoms with van der Waals surface area (Å²) in [7, 11) is -3.61. The maximum absolute atomic E-state index is 12.0. The number of sulfonamides is 1. The van der Waals surface area contributed by atoms with Crippen LogP contribution < -0.4 is 10.0 Å². The lowest BCUT2D eigenvalue weighted by molar-refractivity contribution is -0.124. The zero-order valence-electron chi connectivity index (χ0n) is 14.3. The highest BCUT2D eigenvalue weighted by molar-refractivity contribution is 7.89. The van der Waals surface area contributed by atoms with Crippen LogP contribution in [0.1, 0.15) is 44.5 Å². The SMILES string of the molecule is CCC(C)NC(=O)COC(=O)c1ccc(S(=O)(=O)NC(C)C)cc1. The largest absolute Gasteiger partial charge is 0.452 e. The van der Waals surface area contributed by atoms with Crippen LogP contribution in [0.2, 0.25) is 0 Å². The van der Waals surface area contributed by atoms with Crippen molar-refractivity contribution in [1.82, 2.24) is 10.0 Å². The van der Waals surface area contributed by atoms with Gasteiger partial charge in [0.15, 0.2) is 6.61 Å². The van der Waals surface area contributed by atoms with Gasteiger partial charge in [0, 0.05) is 12.1 Å². The van der Waals surface area contributed by atoms with Crippen LogP contribution in [0.15, 0.2) is 29.2 Å². The smallest absolute Gasteiger partial charge is 0.338 e. The predicted octanol–water partition coefficient (Wildman–Crippen LogP) is 1.44. The minimum absolute atomic E-state index is 0.00847.